The van der Waals surface area contributed by atoms with Crippen LogP contribution in [0.5, 0.6) is 0 Å². The summed E-state index contributed by atoms with van der Waals surface area (Å²) in [6.07, 6.45) is 2.59. The minimum absolute atomic E-state index is 0.292. The molecule has 5 heteroatoms. The van der Waals surface area contributed by atoms with Crippen molar-refractivity contribution in [2.24, 2.45) is 10.9 Å². The molecular formula is C10H23N3O2. The van der Waals surface area contributed by atoms with E-state index in [0.717, 1.165) is 26.0 Å². The second kappa shape index (κ2) is 8.49. The van der Waals surface area contributed by atoms with Crippen molar-refractivity contribution in [3.8, 4) is 0 Å². The van der Waals surface area contributed by atoms with Crippen LogP contribution in [0.2, 0.25) is 0 Å². The Balaban J connectivity index is 3.93. The third-order valence-electron chi connectivity index (χ3n) is 2.53. The molecule has 0 saturated carbocycles. The fourth-order valence-electron chi connectivity index (χ4n) is 1.53. The lowest BCUT2D eigenvalue weighted by atomic mass is 10.1. The van der Waals surface area contributed by atoms with Gasteiger partial charge in [-0.3, -0.25) is 0 Å². The smallest absolute Gasteiger partial charge is 0.140 e. The van der Waals surface area contributed by atoms with Gasteiger partial charge in [0.15, 0.2) is 0 Å². The summed E-state index contributed by atoms with van der Waals surface area (Å²) < 4.78 is 4.99. The Bertz CT molecular complexity index is 186. The molecule has 0 saturated heterocycles. The second-order valence-corrected chi connectivity index (χ2v) is 3.68. The molecule has 1 atom stereocenters. The Kier molecular flexibility index (Phi) is 8.04. The fourth-order valence-corrected chi connectivity index (χ4v) is 1.53. The molecule has 5 nitrogen and oxygen atoms in total. The Hall–Kier alpha value is -0.810. The Morgan fingerprint density at radius 3 is 2.73 bits per heavy atom. The molecule has 0 aliphatic carbocycles. The van der Waals surface area contributed by atoms with E-state index in [4.69, 9.17) is 15.7 Å². The Morgan fingerprint density at radius 2 is 2.27 bits per heavy atom. The summed E-state index contributed by atoms with van der Waals surface area (Å²) in [5.74, 6) is 0.292. The highest BCUT2D eigenvalue weighted by Crippen LogP contribution is 2.07. The van der Waals surface area contributed by atoms with Crippen LogP contribution in [0.3, 0.4) is 0 Å². The van der Waals surface area contributed by atoms with E-state index in [1.165, 1.54) is 0 Å². The molecule has 0 bridgehead atoms. The molecule has 90 valence electrons. The third-order valence-corrected chi connectivity index (χ3v) is 2.53. The van der Waals surface area contributed by atoms with Crippen LogP contribution < -0.4 is 5.73 Å². The van der Waals surface area contributed by atoms with Crippen LogP contribution in [0.25, 0.3) is 0 Å². The van der Waals surface area contributed by atoms with Crippen LogP contribution in [0.15, 0.2) is 5.16 Å². The van der Waals surface area contributed by atoms with Gasteiger partial charge in [-0.1, -0.05) is 12.1 Å². The molecule has 0 spiro atoms. The topological polar surface area (TPSA) is 71.1 Å². The van der Waals surface area contributed by atoms with Crippen LogP contribution in [0.1, 0.15) is 26.2 Å². The molecule has 0 aromatic heterocycles. The number of nitrogens with two attached hydrogens (primary N) is 1. The second-order valence-electron chi connectivity index (χ2n) is 3.68. The first-order valence-corrected chi connectivity index (χ1v) is 5.31. The SMILES string of the molecule is CCC(CC(N)=NO)N(C)CCCOC. The molecule has 3 N–H and O–H groups in total. The summed E-state index contributed by atoms with van der Waals surface area (Å²) in [5, 5.41) is 11.5. The molecule has 0 aliphatic heterocycles. The van der Waals surface area contributed by atoms with Gasteiger partial charge >= 0.3 is 0 Å². The van der Waals surface area contributed by atoms with Crippen LogP contribution in [0, 0.1) is 0 Å². The maximum Gasteiger partial charge on any atom is 0.140 e. The summed E-state index contributed by atoms with van der Waals surface area (Å²) >= 11 is 0. The zero-order valence-electron chi connectivity index (χ0n) is 9.94. The molecule has 15 heavy (non-hydrogen) atoms. The van der Waals surface area contributed by atoms with Gasteiger partial charge in [0.05, 0.1) is 0 Å². The van der Waals surface area contributed by atoms with E-state index in [0.29, 0.717) is 18.3 Å². The van der Waals surface area contributed by atoms with E-state index in [1.807, 2.05) is 0 Å². The van der Waals surface area contributed by atoms with Gasteiger partial charge in [0.25, 0.3) is 0 Å². The van der Waals surface area contributed by atoms with Crippen LogP contribution in [-0.4, -0.2) is 49.3 Å². The monoisotopic (exact) mass is 217 g/mol. The standard InChI is InChI=1S/C10H23N3O2/c1-4-9(8-10(11)12-14)13(2)6-5-7-15-3/h9,14H,4-8H2,1-3H3,(H2,11,12). The number of amidine groups is 1. The van der Waals surface area contributed by atoms with Gasteiger partial charge in [0, 0.05) is 32.7 Å². The van der Waals surface area contributed by atoms with Crippen LogP contribution in [-0.2, 0) is 4.74 Å². The predicted octanol–water partition coefficient (Wildman–Crippen LogP) is 0.870. The molecule has 0 rings (SSSR count). The van der Waals surface area contributed by atoms with E-state index in [2.05, 4.69) is 24.0 Å². The van der Waals surface area contributed by atoms with Crippen molar-refractivity contribution >= 4 is 5.84 Å². The zero-order valence-corrected chi connectivity index (χ0v) is 9.94. The summed E-state index contributed by atoms with van der Waals surface area (Å²) in [5.41, 5.74) is 5.49. The molecule has 0 fully saturated rings. The largest absolute Gasteiger partial charge is 0.409 e. The molecule has 1 unspecified atom stereocenters. The van der Waals surface area contributed by atoms with E-state index in [9.17, 15) is 0 Å². The molecule has 0 aromatic carbocycles. The van der Waals surface area contributed by atoms with Crippen LogP contribution in [0.4, 0.5) is 0 Å². The maximum atomic E-state index is 8.50. The number of ether oxygens (including phenoxy) is 1. The van der Waals surface area contributed by atoms with E-state index < -0.39 is 0 Å². The lowest BCUT2D eigenvalue weighted by molar-refractivity contribution is 0.164. The van der Waals surface area contributed by atoms with Gasteiger partial charge in [-0.05, 0) is 19.9 Å². The lowest BCUT2D eigenvalue weighted by Crippen LogP contribution is -2.36. The molecular weight excluding hydrogens is 194 g/mol. The maximum absolute atomic E-state index is 8.50. The summed E-state index contributed by atoms with van der Waals surface area (Å²) in [6.45, 7) is 3.83. The van der Waals surface area contributed by atoms with Crippen molar-refractivity contribution in [2.75, 3.05) is 27.3 Å². The van der Waals surface area contributed by atoms with E-state index >= 15 is 0 Å². The first kappa shape index (κ1) is 14.2. The number of hydrogen-bond donors (Lipinski definition) is 2. The van der Waals surface area contributed by atoms with Gasteiger partial charge < -0.3 is 20.6 Å². The zero-order chi connectivity index (χ0) is 11.7. The first-order chi connectivity index (χ1) is 7.15. The molecule has 0 amide bonds. The van der Waals surface area contributed by atoms with Gasteiger partial charge in [0.1, 0.15) is 5.84 Å². The number of hydrogen-bond acceptors (Lipinski definition) is 4. The highest BCUT2D eigenvalue weighted by Gasteiger charge is 2.13. The molecule has 0 aliphatic rings. The van der Waals surface area contributed by atoms with Crippen LogP contribution >= 0.6 is 0 Å². The quantitative estimate of drug-likeness (QED) is 0.208. The highest BCUT2D eigenvalue weighted by atomic mass is 16.5. The minimum atomic E-state index is 0.292. The first-order valence-electron chi connectivity index (χ1n) is 5.31. The summed E-state index contributed by atoms with van der Waals surface area (Å²) in [4.78, 5) is 2.22. The normalized spacial score (nSPS) is 14.5. The Morgan fingerprint density at radius 1 is 1.60 bits per heavy atom. The number of methoxy groups -OCH3 is 1. The predicted molar refractivity (Wildman–Crippen MR) is 61.2 cm³/mol. The van der Waals surface area contributed by atoms with Crippen molar-refractivity contribution in [1.82, 2.24) is 4.90 Å². The van der Waals surface area contributed by atoms with E-state index in [1.54, 1.807) is 7.11 Å². The molecule has 0 heterocycles. The van der Waals surface area contributed by atoms with Gasteiger partial charge in [0.2, 0.25) is 0 Å². The van der Waals surface area contributed by atoms with Crippen molar-refractivity contribution in [2.45, 2.75) is 32.2 Å². The average Bonchev–Trinajstić information content (AvgIpc) is 2.25. The van der Waals surface area contributed by atoms with E-state index in [-0.39, 0.29) is 0 Å². The fraction of sp³-hybridized carbons (Fsp3) is 0.900. The van der Waals surface area contributed by atoms with Crippen molar-refractivity contribution in [3.63, 3.8) is 0 Å². The van der Waals surface area contributed by atoms with Gasteiger partial charge in [-0.25, -0.2) is 0 Å². The third kappa shape index (κ3) is 6.30. The average molecular weight is 217 g/mol. The van der Waals surface area contributed by atoms with Gasteiger partial charge in [-0.15, -0.1) is 0 Å². The molecule has 0 aromatic rings. The summed E-state index contributed by atoms with van der Waals surface area (Å²) in [7, 11) is 3.75. The number of rotatable bonds is 8. The highest BCUT2D eigenvalue weighted by molar-refractivity contribution is 5.80. The summed E-state index contributed by atoms with van der Waals surface area (Å²) in [6, 6.07) is 0.331. The van der Waals surface area contributed by atoms with Gasteiger partial charge in [-0.2, -0.15) is 0 Å². The van der Waals surface area contributed by atoms with Crippen molar-refractivity contribution < 1.29 is 9.94 Å². The molecule has 0 radical (unpaired) electrons. The number of oxime groups is 1. The van der Waals surface area contributed by atoms with Crippen molar-refractivity contribution in [1.29, 1.82) is 0 Å². The number of nitrogens with zero attached hydrogens (tertiary/aromatic N) is 2. The van der Waals surface area contributed by atoms with Crippen molar-refractivity contribution in [3.05, 3.63) is 0 Å². The minimum Gasteiger partial charge on any atom is -0.409 e. The Labute approximate surface area is 91.9 Å². The lowest BCUT2D eigenvalue weighted by Gasteiger charge is -2.26.